The summed E-state index contributed by atoms with van der Waals surface area (Å²) >= 11 is 2.74. The quantitative estimate of drug-likeness (QED) is 0.167. The molecule has 6 rings (SSSR count). The molecule has 0 aliphatic carbocycles. The van der Waals surface area contributed by atoms with Crippen LogP contribution < -0.4 is 14.8 Å². The summed E-state index contributed by atoms with van der Waals surface area (Å²) in [5, 5.41) is 20.2. The number of ether oxygens (including phenoxy) is 2. The van der Waals surface area contributed by atoms with Gasteiger partial charge in [-0.25, -0.2) is 9.40 Å². The topological polar surface area (TPSA) is 111 Å². The van der Waals surface area contributed by atoms with E-state index in [1.54, 1.807) is 54.4 Å². The molecule has 5 aromatic rings. The van der Waals surface area contributed by atoms with Gasteiger partial charge in [0, 0.05) is 23.2 Å². The third-order valence-corrected chi connectivity index (χ3v) is 9.39. The predicted molar refractivity (Wildman–Crippen MR) is 179 cm³/mol. The Bertz CT molecular complexity index is 1930. The number of hydrazone groups is 1. The van der Waals surface area contributed by atoms with E-state index >= 15 is 0 Å². The second-order valence-electron chi connectivity index (χ2n) is 10.6. The molecule has 3 heterocycles. The van der Waals surface area contributed by atoms with Crippen molar-refractivity contribution in [2.24, 2.45) is 5.10 Å². The SMILES string of the molecule is COc1cccc([C@H]2CC(c3cccs3)=NN2C(=O)CSc2nnc(CNC(=O)c3cccc(C)c3)n2-c2ccc(F)cc2)c1OC. The lowest BCUT2D eigenvalue weighted by atomic mass is 9.99. The van der Waals surface area contributed by atoms with Crippen molar-refractivity contribution in [2.75, 3.05) is 20.0 Å². The number of carbonyl (C=O) groups excluding carboxylic acids is 2. The van der Waals surface area contributed by atoms with Crippen molar-refractivity contribution in [1.82, 2.24) is 25.1 Å². The van der Waals surface area contributed by atoms with Crippen LogP contribution in [0, 0.1) is 12.7 Å². The molecule has 0 spiro atoms. The fraction of sp³-hybridized carbons (Fsp3) is 0.206. The number of carbonyl (C=O) groups is 2. The summed E-state index contributed by atoms with van der Waals surface area (Å²) in [6.07, 6.45) is 0.497. The number of aryl methyl sites for hydroxylation is 1. The van der Waals surface area contributed by atoms with E-state index in [1.807, 2.05) is 54.8 Å². The summed E-state index contributed by atoms with van der Waals surface area (Å²) in [6, 6.07) is 22.2. The van der Waals surface area contributed by atoms with E-state index in [-0.39, 0.29) is 24.1 Å². The van der Waals surface area contributed by atoms with Gasteiger partial charge in [0.2, 0.25) is 0 Å². The van der Waals surface area contributed by atoms with Gasteiger partial charge in [-0.1, -0.05) is 47.7 Å². The zero-order chi connectivity index (χ0) is 32.9. The Kier molecular flexibility index (Phi) is 9.64. The number of rotatable bonds is 11. The van der Waals surface area contributed by atoms with E-state index < -0.39 is 11.9 Å². The number of para-hydroxylation sites is 1. The van der Waals surface area contributed by atoms with Gasteiger partial charge < -0.3 is 14.8 Å². The number of thioether (sulfide) groups is 1. The number of thiophene rings is 1. The van der Waals surface area contributed by atoms with Gasteiger partial charge in [-0.3, -0.25) is 14.2 Å². The molecule has 47 heavy (non-hydrogen) atoms. The minimum atomic E-state index is -0.424. The molecule has 1 aliphatic rings. The molecular weight excluding hydrogens is 640 g/mol. The van der Waals surface area contributed by atoms with Crippen molar-refractivity contribution >= 4 is 40.6 Å². The Hall–Kier alpha value is -5.01. The Labute approximate surface area is 279 Å². The average Bonchev–Trinajstić information content (AvgIpc) is 3.86. The summed E-state index contributed by atoms with van der Waals surface area (Å²) in [5.41, 5.74) is 3.65. The number of methoxy groups -OCH3 is 2. The minimum Gasteiger partial charge on any atom is -0.493 e. The van der Waals surface area contributed by atoms with E-state index in [2.05, 4.69) is 15.5 Å². The normalized spacial score (nSPS) is 14.2. The number of aromatic nitrogens is 3. The summed E-state index contributed by atoms with van der Waals surface area (Å²) in [6.45, 7) is 1.97. The van der Waals surface area contributed by atoms with Crippen LogP contribution in [-0.4, -0.2) is 57.3 Å². The molecule has 10 nitrogen and oxygen atoms in total. The number of hydrogen-bond donors (Lipinski definition) is 1. The van der Waals surface area contributed by atoms with E-state index in [4.69, 9.17) is 14.6 Å². The second kappa shape index (κ2) is 14.2. The van der Waals surface area contributed by atoms with Gasteiger partial charge in [-0.05, 0) is 60.8 Å². The van der Waals surface area contributed by atoms with Gasteiger partial charge in [-0.15, -0.1) is 21.5 Å². The van der Waals surface area contributed by atoms with Crippen LogP contribution in [0.3, 0.4) is 0 Å². The highest BCUT2D eigenvalue weighted by Crippen LogP contribution is 2.42. The van der Waals surface area contributed by atoms with Gasteiger partial charge in [-0.2, -0.15) is 5.10 Å². The van der Waals surface area contributed by atoms with Crippen LogP contribution in [0.5, 0.6) is 11.5 Å². The molecule has 1 N–H and O–H groups in total. The third-order valence-electron chi connectivity index (χ3n) is 7.56. The number of nitrogens with one attached hydrogen (secondary N) is 1. The molecule has 0 saturated carbocycles. The Balaban J connectivity index is 1.26. The van der Waals surface area contributed by atoms with E-state index in [9.17, 15) is 14.0 Å². The predicted octanol–water partition coefficient (Wildman–Crippen LogP) is 6.19. The number of benzene rings is 3. The first-order valence-electron chi connectivity index (χ1n) is 14.7. The van der Waals surface area contributed by atoms with Crippen LogP contribution in [0.1, 0.15) is 44.6 Å². The second-order valence-corrected chi connectivity index (χ2v) is 12.5. The lowest BCUT2D eigenvalue weighted by molar-refractivity contribution is -0.130. The zero-order valence-electron chi connectivity index (χ0n) is 25.8. The maximum atomic E-state index is 13.9. The van der Waals surface area contributed by atoms with Crippen molar-refractivity contribution in [3.63, 3.8) is 0 Å². The lowest BCUT2D eigenvalue weighted by Gasteiger charge is -2.24. The molecule has 0 radical (unpaired) electrons. The van der Waals surface area contributed by atoms with Crippen LogP contribution in [-0.2, 0) is 11.3 Å². The zero-order valence-corrected chi connectivity index (χ0v) is 27.5. The number of halogens is 1. The van der Waals surface area contributed by atoms with Crippen molar-refractivity contribution in [2.45, 2.75) is 31.1 Å². The molecular formula is C34H31FN6O4S2. The standard InChI is InChI=1S/C34H31FN6O4S2/c1-21-7-4-8-22(17-21)33(43)36-19-30-37-38-34(40(30)24-14-12-23(35)13-15-24)47-20-31(42)41-27(18-26(39-41)29-11-6-16-46-29)25-9-5-10-28(44-2)32(25)45-3/h4-17,27H,18-20H2,1-3H3,(H,36,43)/t27-/m1/s1. The van der Waals surface area contributed by atoms with Crippen molar-refractivity contribution < 1.29 is 23.5 Å². The summed E-state index contributed by atoms with van der Waals surface area (Å²) < 4.78 is 26.8. The minimum absolute atomic E-state index is 0.0149. The van der Waals surface area contributed by atoms with Crippen LogP contribution in [0.4, 0.5) is 4.39 Å². The third kappa shape index (κ3) is 6.91. The van der Waals surface area contributed by atoms with Gasteiger partial charge in [0.25, 0.3) is 11.8 Å². The van der Waals surface area contributed by atoms with E-state index in [0.717, 1.165) is 21.7 Å². The van der Waals surface area contributed by atoms with Crippen LogP contribution in [0.15, 0.2) is 94.5 Å². The molecule has 0 saturated heterocycles. The van der Waals surface area contributed by atoms with Crippen LogP contribution in [0.25, 0.3) is 5.69 Å². The highest BCUT2D eigenvalue weighted by molar-refractivity contribution is 7.99. The van der Waals surface area contributed by atoms with Crippen LogP contribution in [0.2, 0.25) is 0 Å². The van der Waals surface area contributed by atoms with Crippen molar-refractivity contribution in [1.29, 1.82) is 0 Å². The molecule has 13 heteroatoms. The van der Waals surface area contributed by atoms with Gasteiger partial charge in [0.05, 0.1) is 43.1 Å². The molecule has 2 aromatic heterocycles. The Morgan fingerprint density at radius 2 is 1.83 bits per heavy atom. The smallest absolute Gasteiger partial charge is 0.253 e. The largest absolute Gasteiger partial charge is 0.493 e. The van der Waals surface area contributed by atoms with Gasteiger partial charge in [0.15, 0.2) is 22.5 Å². The fourth-order valence-electron chi connectivity index (χ4n) is 5.35. The molecule has 2 amide bonds. The monoisotopic (exact) mass is 670 g/mol. The molecule has 1 aliphatic heterocycles. The molecule has 0 unspecified atom stereocenters. The fourth-order valence-corrected chi connectivity index (χ4v) is 6.89. The molecule has 0 fully saturated rings. The average molecular weight is 671 g/mol. The number of amides is 2. The molecule has 0 bridgehead atoms. The highest BCUT2D eigenvalue weighted by atomic mass is 32.2. The first kappa shape index (κ1) is 32.0. The van der Waals surface area contributed by atoms with E-state index in [0.29, 0.717) is 40.2 Å². The van der Waals surface area contributed by atoms with Crippen LogP contribution >= 0.6 is 23.1 Å². The first-order valence-corrected chi connectivity index (χ1v) is 16.5. The highest BCUT2D eigenvalue weighted by Gasteiger charge is 2.36. The van der Waals surface area contributed by atoms with Gasteiger partial charge in [0.1, 0.15) is 5.82 Å². The molecule has 3 aromatic carbocycles. The lowest BCUT2D eigenvalue weighted by Crippen LogP contribution is -2.29. The molecule has 1 atom stereocenters. The Morgan fingerprint density at radius 1 is 1.02 bits per heavy atom. The Morgan fingerprint density at radius 3 is 2.55 bits per heavy atom. The first-order chi connectivity index (χ1) is 22.9. The summed E-state index contributed by atoms with van der Waals surface area (Å²) in [5.74, 6) is 0.600. The summed E-state index contributed by atoms with van der Waals surface area (Å²) in [7, 11) is 3.14. The van der Waals surface area contributed by atoms with Gasteiger partial charge >= 0.3 is 0 Å². The maximum Gasteiger partial charge on any atom is 0.253 e. The van der Waals surface area contributed by atoms with Crippen molar-refractivity contribution in [3.8, 4) is 17.2 Å². The van der Waals surface area contributed by atoms with E-state index in [1.165, 1.54) is 28.9 Å². The maximum absolute atomic E-state index is 13.9. The summed E-state index contributed by atoms with van der Waals surface area (Å²) in [4.78, 5) is 27.8. The number of nitrogens with zero attached hydrogens (tertiary/aromatic N) is 5. The van der Waals surface area contributed by atoms with Crippen molar-refractivity contribution in [3.05, 3.63) is 117 Å². The number of hydrogen-bond acceptors (Lipinski definition) is 9. The molecule has 240 valence electrons.